The summed E-state index contributed by atoms with van der Waals surface area (Å²) in [5, 5.41) is 6.99. The topological polar surface area (TPSA) is 66.3 Å². The lowest BCUT2D eigenvalue weighted by atomic mass is 10.2. The minimum atomic E-state index is -0.0665. The summed E-state index contributed by atoms with van der Waals surface area (Å²) in [6, 6.07) is -0.0665. The number of likely N-dealkylation sites (N-methyl/N-ethyl adjacent to an activating group) is 1. The molecule has 1 aromatic heterocycles. The minimum Gasteiger partial charge on any atom is -0.354 e. The van der Waals surface area contributed by atoms with Crippen molar-refractivity contribution in [2.24, 2.45) is 7.05 Å². The Morgan fingerprint density at radius 1 is 1.35 bits per heavy atom. The first-order chi connectivity index (χ1) is 9.58. The van der Waals surface area contributed by atoms with E-state index < -0.39 is 0 Å². The molecule has 7 heteroatoms. The van der Waals surface area contributed by atoms with E-state index in [0.717, 1.165) is 32.0 Å². The van der Waals surface area contributed by atoms with Crippen LogP contribution in [0.4, 0.5) is 0 Å². The largest absolute Gasteiger partial charge is 0.354 e. The second-order valence-electron chi connectivity index (χ2n) is 5.36. The summed E-state index contributed by atoms with van der Waals surface area (Å²) in [6.45, 7) is 6.53. The van der Waals surface area contributed by atoms with Gasteiger partial charge in [0.25, 0.3) is 0 Å². The van der Waals surface area contributed by atoms with E-state index in [-0.39, 0.29) is 11.9 Å². The fourth-order valence-corrected chi connectivity index (χ4v) is 2.37. The molecule has 2 heterocycles. The molecule has 0 aliphatic carbocycles. The van der Waals surface area contributed by atoms with Crippen LogP contribution in [0, 0.1) is 0 Å². The third-order valence-electron chi connectivity index (χ3n) is 3.92. The normalized spacial score (nSPS) is 18.9. The van der Waals surface area contributed by atoms with Gasteiger partial charge in [0.05, 0.1) is 6.04 Å². The van der Waals surface area contributed by atoms with Gasteiger partial charge >= 0.3 is 0 Å². The summed E-state index contributed by atoms with van der Waals surface area (Å²) in [6.07, 6.45) is 2.24. The van der Waals surface area contributed by atoms with Gasteiger partial charge in [0.15, 0.2) is 0 Å². The van der Waals surface area contributed by atoms with Crippen LogP contribution in [0.2, 0.25) is 0 Å². The van der Waals surface area contributed by atoms with Gasteiger partial charge in [-0.3, -0.25) is 14.4 Å². The van der Waals surface area contributed by atoms with Gasteiger partial charge in [-0.1, -0.05) is 0 Å². The van der Waals surface area contributed by atoms with Crippen LogP contribution in [0.3, 0.4) is 0 Å². The van der Waals surface area contributed by atoms with Crippen molar-refractivity contribution in [2.45, 2.75) is 19.4 Å². The summed E-state index contributed by atoms with van der Waals surface area (Å²) in [4.78, 5) is 20.8. The van der Waals surface area contributed by atoms with Crippen LogP contribution < -0.4 is 5.32 Å². The molecule has 0 saturated carbocycles. The molecule has 1 saturated heterocycles. The van der Waals surface area contributed by atoms with Gasteiger partial charge in [-0.15, -0.1) is 0 Å². The molecule has 1 aromatic rings. The first kappa shape index (κ1) is 14.9. The zero-order chi connectivity index (χ0) is 14.5. The maximum Gasteiger partial charge on any atom is 0.237 e. The predicted molar refractivity (Wildman–Crippen MR) is 76.2 cm³/mol. The third kappa shape index (κ3) is 3.77. The molecular formula is C13H24N6O. The molecule has 1 aliphatic heterocycles. The van der Waals surface area contributed by atoms with Crippen molar-refractivity contribution in [3.05, 3.63) is 12.2 Å². The second kappa shape index (κ2) is 6.81. The van der Waals surface area contributed by atoms with Gasteiger partial charge in [-0.25, -0.2) is 4.98 Å². The van der Waals surface area contributed by atoms with Crippen molar-refractivity contribution in [3.63, 3.8) is 0 Å². The Hall–Kier alpha value is -1.47. The van der Waals surface area contributed by atoms with Crippen molar-refractivity contribution in [2.75, 3.05) is 39.8 Å². The number of nitrogens with one attached hydrogen (secondary N) is 1. The third-order valence-corrected chi connectivity index (χ3v) is 3.92. The van der Waals surface area contributed by atoms with E-state index in [1.54, 1.807) is 4.68 Å². The number of aromatic nitrogens is 3. The van der Waals surface area contributed by atoms with E-state index >= 15 is 0 Å². The summed E-state index contributed by atoms with van der Waals surface area (Å²) < 4.78 is 1.73. The van der Waals surface area contributed by atoms with Gasteiger partial charge in [0.1, 0.15) is 12.2 Å². The van der Waals surface area contributed by atoms with E-state index in [2.05, 4.69) is 32.2 Å². The fourth-order valence-electron chi connectivity index (χ4n) is 2.37. The SMILES string of the molecule is C[C@@H](C(=O)NCCc1ncnn1C)N1CCN(C)CC1. The van der Waals surface area contributed by atoms with E-state index in [0.29, 0.717) is 13.0 Å². The predicted octanol–water partition coefficient (Wildman–Crippen LogP) is -0.890. The van der Waals surface area contributed by atoms with Crippen LogP contribution in [0.1, 0.15) is 12.7 Å². The summed E-state index contributed by atoms with van der Waals surface area (Å²) in [5.41, 5.74) is 0. The number of carbonyl (C=O) groups excluding carboxylic acids is 1. The van der Waals surface area contributed by atoms with Gasteiger partial charge in [0, 0.05) is 46.2 Å². The van der Waals surface area contributed by atoms with Crippen molar-refractivity contribution < 1.29 is 4.79 Å². The lowest BCUT2D eigenvalue weighted by Crippen LogP contribution is -2.53. The number of aryl methyl sites for hydroxylation is 1. The van der Waals surface area contributed by atoms with E-state index in [4.69, 9.17) is 0 Å². The molecule has 7 nitrogen and oxygen atoms in total. The van der Waals surface area contributed by atoms with E-state index in [9.17, 15) is 4.79 Å². The van der Waals surface area contributed by atoms with Crippen molar-refractivity contribution in [3.8, 4) is 0 Å². The van der Waals surface area contributed by atoms with Crippen LogP contribution in [0.5, 0.6) is 0 Å². The van der Waals surface area contributed by atoms with E-state index in [1.807, 2.05) is 14.0 Å². The average Bonchev–Trinajstić information content (AvgIpc) is 2.84. The molecule has 1 amide bonds. The summed E-state index contributed by atoms with van der Waals surface area (Å²) in [7, 11) is 3.97. The van der Waals surface area contributed by atoms with Crippen LogP contribution in [0.25, 0.3) is 0 Å². The lowest BCUT2D eigenvalue weighted by Gasteiger charge is -2.35. The maximum atomic E-state index is 12.1. The summed E-state index contributed by atoms with van der Waals surface area (Å²) in [5.74, 6) is 0.981. The molecule has 0 bridgehead atoms. The number of hydrogen-bond donors (Lipinski definition) is 1. The highest BCUT2D eigenvalue weighted by Crippen LogP contribution is 2.05. The molecule has 1 N–H and O–H groups in total. The molecule has 0 radical (unpaired) electrons. The molecule has 2 rings (SSSR count). The van der Waals surface area contributed by atoms with Crippen LogP contribution in [0.15, 0.2) is 6.33 Å². The minimum absolute atomic E-state index is 0.0665. The standard InChI is InChI=1S/C13H24N6O/c1-11(19-8-6-17(2)7-9-19)13(20)14-5-4-12-15-10-16-18(12)3/h10-11H,4-9H2,1-3H3,(H,14,20)/t11-/m0/s1. The molecule has 0 aromatic carbocycles. The first-order valence-corrected chi connectivity index (χ1v) is 7.11. The Morgan fingerprint density at radius 2 is 2.05 bits per heavy atom. The number of hydrogen-bond acceptors (Lipinski definition) is 5. The van der Waals surface area contributed by atoms with Crippen molar-refractivity contribution in [1.82, 2.24) is 29.9 Å². The van der Waals surface area contributed by atoms with Gasteiger partial charge < -0.3 is 10.2 Å². The van der Waals surface area contributed by atoms with E-state index in [1.165, 1.54) is 6.33 Å². The highest BCUT2D eigenvalue weighted by atomic mass is 16.2. The molecule has 1 fully saturated rings. The van der Waals surface area contributed by atoms with Gasteiger partial charge in [-0.05, 0) is 14.0 Å². The van der Waals surface area contributed by atoms with Gasteiger partial charge in [0.2, 0.25) is 5.91 Å². The Bertz CT molecular complexity index is 438. The van der Waals surface area contributed by atoms with Crippen molar-refractivity contribution in [1.29, 1.82) is 0 Å². The number of piperazine rings is 1. The Kier molecular flexibility index (Phi) is 5.08. The zero-order valence-corrected chi connectivity index (χ0v) is 12.5. The smallest absolute Gasteiger partial charge is 0.237 e. The Labute approximate surface area is 119 Å². The lowest BCUT2D eigenvalue weighted by molar-refractivity contribution is -0.126. The average molecular weight is 280 g/mol. The zero-order valence-electron chi connectivity index (χ0n) is 12.5. The quantitative estimate of drug-likeness (QED) is 0.758. The van der Waals surface area contributed by atoms with Crippen molar-refractivity contribution >= 4 is 5.91 Å². The molecule has 1 atom stereocenters. The molecule has 112 valence electrons. The molecule has 1 aliphatic rings. The molecular weight excluding hydrogens is 256 g/mol. The number of amides is 1. The molecule has 20 heavy (non-hydrogen) atoms. The fraction of sp³-hybridized carbons (Fsp3) is 0.769. The Balaban J connectivity index is 1.72. The summed E-state index contributed by atoms with van der Waals surface area (Å²) >= 11 is 0. The molecule has 0 unspecified atom stereocenters. The van der Waals surface area contributed by atoms with Crippen LogP contribution in [-0.2, 0) is 18.3 Å². The Morgan fingerprint density at radius 3 is 2.65 bits per heavy atom. The number of nitrogens with zero attached hydrogens (tertiary/aromatic N) is 5. The van der Waals surface area contributed by atoms with Crippen LogP contribution in [-0.4, -0.2) is 76.3 Å². The number of carbonyl (C=O) groups is 1. The first-order valence-electron chi connectivity index (χ1n) is 7.11. The second-order valence-corrected chi connectivity index (χ2v) is 5.36. The highest BCUT2D eigenvalue weighted by Gasteiger charge is 2.23. The molecule has 0 spiro atoms. The highest BCUT2D eigenvalue weighted by molar-refractivity contribution is 5.81. The van der Waals surface area contributed by atoms with Gasteiger partial charge in [-0.2, -0.15) is 5.10 Å². The maximum absolute atomic E-state index is 12.1. The van der Waals surface area contributed by atoms with Crippen LogP contribution >= 0.6 is 0 Å². The monoisotopic (exact) mass is 280 g/mol. The number of rotatable bonds is 5.